The topological polar surface area (TPSA) is 45.8 Å². The zero-order chi connectivity index (χ0) is 11.4. The van der Waals surface area contributed by atoms with E-state index in [2.05, 4.69) is 36.7 Å². The molecule has 0 radical (unpaired) electrons. The number of aromatic amines is 1. The molecule has 1 rings (SSSR count). The first-order chi connectivity index (χ1) is 7.04. The lowest BCUT2D eigenvalue weighted by Crippen LogP contribution is -2.13. The van der Waals surface area contributed by atoms with Gasteiger partial charge in [0.05, 0.1) is 0 Å². The summed E-state index contributed by atoms with van der Waals surface area (Å²) < 4.78 is 0. The van der Waals surface area contributed by atoms with Crippen LogP contribution in [0, 0.1) is 11.8 Å². The van der Waals surface area contributed by atoms with Gasteiger partial charge < -0.3 is 0 Å². The van der Waals surface area contributed by atoms with Gasteiger partial charge in [-0.1, -0.05) is 20.8 Å². The van der Waals surface area contributed by atoms with Crippen molar-refractivity contribution in [2.24, 2.45) is 11.8 Å². The number of Topliss-reactive ketones (excluding diaryl/α,β-unsaturated/α-hetero) is 1. The van der Waals surface area contributed by atoms with Crippen LogP contribution in [-0.4, -0.2) is 21.7 Å². The molecule has 1 atom stereocenters. The zero-order valence-electron chi connectivity index (χ0n) is 9.45. The Hall–Kier alpha value is -0.770. The summed E-state index contributed by atoms with van der Waals surface area (Å²) >= 11 is 4.11. The molecule has 0 amide bonds. The fourth-order valence-corrected chi connectivity index (χ4v) is 1.53. The molecule has 1 N–H and O–H groups in total. The van der Waals surface area contributed by atoms with Gasteiger partial charge in [-0.05, 0) is 18.4 Å². The Kier molecular flexibility index (Phi) is 4.39. The highest BCUT2D eigenvalue weighted by molar-refractivity contribution is 7.80. The third-order valence-corrected chi connectivity index (χ3v) is 2.78. The highest BCUT2D eigenvalue weighted by Crippen LogP contribution is 2.11. The Morgan fingerprint density at radius 1 is 1.53 bits per heavy atom. The molecule has 15 heavy (non-hydrogen) atoms. The van der Waals surface area contributed by atoms with Crippen LogP contribution in [0.3, 0.4) is 0 Å². The van der Waals surface area contributed by atoms with Crippen molar-refractivity contribution in [2.45, 2.75) is 27.2 Å². The SMILES string of the molecule is CC(C)Cc1cc(C(=O)C(C)CS)n[nH]1. The average molecular weight is 226 g/mol. The molecule has 0 spiro atoms. The molecule has 0 aliphatic heterocycles. The third-order valence-electron chi connectivity index (χ3n) is 2.23. The number of hydrogen-bond donors (Lipinski definition) is 2. The van der Waals surface area contributed by atoms with Crippen LogP contribution in [-0.2, 0) is 6.42 Å². The first-order valence-electron chi connectivity index (χ1n) is 5.24. The predicted octanol–water partition coefficient (Wildman–Crippen LogP) is 2.36. The minimum Gasteiger partial charge on any atom is -0.292 e. The first-order valence-corrected chi connectivity index (χ1v) is 5.87. The third kappa shape index (κ3) is 3.38. The van der Waals surface area contributed by atoms with Gasteiger partial charge in [0.25, 0.3) is 0 Å². The van der Waals surface area contributed by atoms with Gasteiger partial charge in [-0.25, -0.2) is 0 Å². The van der Waals surface area contributed by atoms with Crippen molar-refractivity contribution < 1.29 is 4.79 Å². The van der Waals surface area contributed by atoms with Crippen LogP contribution < -0.4 is 0 Å². The van der Waals surface area contributed by atoms with Gasteiger partial charge in [-0.15, -0.1) is 0 Å². The molecule has 1 aromatic rings. The second kappa shape index (κ2) is 5.35. The van der Waals surface area contributed by atoms with Crippen LogP contribution in [0.2, 0.25) is 0 Å². The lowest BCUT2D eigenvalue weighted by atomic mass is 10.0. The smallest absolute Gasteiger partial charge is 0.186 e. The normalized spacial score (nSPS) is 13.1. The molecular formula is C11H18N2OS. The number of thiol groups is 1. The van der Waals surface area contributed by atoms with Crippen molar-refractivity contribution in [3.05, 3.63) is 17.5 Å². The van der Waals surface area contributed by atoms with Crippen LogP contribution >= 0.6 is 12.6 Å². The number of rotatable bonds is 5. The molecule has 1 aromatic heterocycles. The van der Waals surface area contributed by atoms with Crippen LogP contribution in [0.1, 0.15) is 37.0 Å². The predicted molar refractivity (Wildman–Crippen MR) is 64.5 cm³/mol. The highest BCUT2D eigenvalue weighted by atomic mass is 32.1. The summed E-state index contributed by atoms with van der Waals surface area (Å²) in [4.78, 5) is 11.7. The molecule has 0 saturated heterocycles. The van der Waals surface area contributed by atoms with E-state index in [4.69, 9.17) is 0 Å². The van der Waals surface area contributed by atoms with Gasteiger partial charge in [0.15, 0.2) is 5.78 Å². The van der Waals surface area contributed by atoms with E-state index in [9.17, 15) is 4.79 Å². The van der Waals surface area contributed by atoms with Crippen LogP contribution in [0.4, 0.5) is 0 Å². The van der Waals surface area contributed by atoms with Gasteiger partial charge in [-0.2, -0.15) is 17.7 Å². The van der Waals surface area contributed by atoms with Gasteiger partial charge in [0.2, 0.25) is 0 Å². The average Bonchev–Trinajstić information content (AvgIpc) is 2.63. The van der Waals surface area contributed by atoms with E-state index in [1.165, 1.54) is 0 Å². The van der Waals surface area contributed by atoms with Crippen molar-refractivity contribution >= 4 is 18.4 Å². The summed E-state index contributed by atoms with van der Waals surface area (Å²) in [6, 6.07) is 1.85. The maximum absolute atomic E-state index is 11.7. The lowest BCUT2D eigenvalue weighted by Gasteiger charge is -2.02. The monoisotopic (exact) mass is 226 g/mol. The largest absolute Gasteiger partial charge is 0.292 e. The summed E-state index contributed by atoms with van der Waals surface area (Å²) in [5.74, 6) is 1.13. The summed E-state index contributed by atoms with van der Waals surface area (Å²) in [6.45, 7) is 6.14. The van der Waals surface area contributed by atoms with E-state index < -0.39 is 0 Å². The maximum atomic E-state index is 11.7. The van der Waals surface area contributed by atoms with E-state index in [-0.39, 0.29) is 11.7 Å². The van der Waals surface area contributed by atoms with Gasteiger partial charge in [-0.3, -0.25) is 9.89 Å². The molecule has 1 unspecified atom stereocenters. The standard InChI is InChI=1S/C11H18N2OS/c1-7(2)4-9-5-10(13-12-9)11(14)8(3)6-15/h5,7-8,15H,4,6H2,1-3H3,(H,12,13). The minimum absolute atomic E-state index is 0.0660. The summed E-state index contributed by atoms with van der Waals surface area (Å²) in [5.41, 5.74) is 1.56. The fourth-order valence-electron chi connectivity index (χ4n) is 1.37. The second-order valence-corrected chi connectivity index (χ2v) is 4.69. The molecule has 0 fully saturated rings. The van der Waals surface area contributed by atoms with Crippen LogP contribution in [0.25, 0.3) is 0 Å². The molecule has 0 aromatic carbocycles. The maximum Gasteiger partial charge on any atom is 0.186 e. The Labute approximate surface area is 96.1 Å². The van der Waals surface area contributed by atoms with Crippen molar-refractivity contribution in [1.82, 2.24) is 10.2 Å². The van der Waals surface area contributed by atoms with E-state index in [0.717, 1.165) is 12.1 Å². The van der Waals surface area contributed by atoms with Crippen molar-refractivity contribution in [3.8, 4) is 0 Å². The lowest BCUT2D eigenvalue weighted by molar-refractivity contribution is 0.0937. The Balaban J connectivity index is 2.71. The quantitative estimate of drug-likeness (QED) is 0.598. The Morgan fingerprint density at radius 2 is 2.20 bits per heavy atom. The molecule has 1 heterocycles. The van der Waals surface area contributed by atoms with Crippen molar-refractivity contribution in [2.75, 3.05) is 5.75 Å². The number of carbonyl (C=O) groups is 1. The van der Waals surface area contributed by atoms with Crippen LogP contribution in [0.15, 0.2) is 6.07 Å². The number of nitrogens with one attached hydrogen (secondary N) is 1. The fraction of sp³-hybridized carbons (Fsp3) is 0.636. The minimum atomic E-state index is -0.0662. The molecule has 84 valence electrons. The number of ketones is 1. The summed E-state index contributed by atoms with van der Waals surface area (Å²) in [6.07, 6.45) is 0.926. The number of carbonyl (C=O) groups excluding carboxylic acids is 1. The van der Waals surface area contributed by atoms with Gasteiger partial charge >= 0.3 is 0 Å². The molecule has 4 heteroatoms. The highest BCUT2D eigenvalue weighted by Gasteiger charge is 2.16. The van der Waals surface area contributed by atoms with E-state index in [0.29, 0.717) is 17.4 Å². The van der Waals surface area contributed by atoms with Gasteiger partial charge in [0, 0.05) is 17.4 Å². The van der Waals surface area contributed by atoms with E-state index in [1.54, 1.807) is 0 Å². The number of nitrogens with zero attached hydrogens (tertiary/aromatic N) is 1. The second-order valence-electron chi connectivity index (χ2n) is 4.32. The number of aromatic nitrogens is 2. The van der Waals surface area contributed by atoms with Crippen molar-refractivity contribution in [1.29, 1.82) is 0 Å². The van der Waals surface area contributed by atoms with Gasteiger partial charge in [0.1, 0.15) is 5.69 Å². The molecule has 0 saturated carbocycles. The van der Waals surface area contributed by atoms with Crippen LogP contribution in [0.5, 0.6) is 0 Å². The first kappa shape index (κ1) is 12.3. The molecule has 3 nitrogen and oxygen atoms in total. The number of hydrogen-bond acceptors (Lipinski definition) is 3. The molecule has 0 bridgehead atoms. The zero-order valence-corrected chi connectivity index (χ0v) is 10.3. The Morgan fingerprint density at radius 3 is 2.73 bits per heavy atom. The molecule has 0 aliphatic carbocycles. The summed E-state index contributed by atoms with van der Waals surface area (Å²) in [7, 11) is 0. The van der Waals surface area contributed by atoms with Crippen molar-refractivity contribution in [3.63, 3.8) is 0 Å². The summed E-state index contributed by atoms with van der Waals surface area (Å²) in [5, 5.41) is 6.93. The Bertz CT molecular complexity index is 333. The molecule has 0 aliphatic rings. The van der Waals surface area contributed by atoms with E-state index >= 15 is 0 Å². The van der Waals surface area contributed by atoms with E-state index in [1.807, 2.05) is 13.0 Å². The number of H-pyrrole nitrogens is 1. The molecular weight excluding hydrogens is 208 g/mol.